The molecule has 2 aromatic rings. The molecule has 2 heterocycles. The van der Waals surface area contributed by atoms with E-state index in [0.29, 0.717) is 12.0 Å². The third kappa shape index (κ3) is 2.54. The Balaban J connectivity index is 2.40. The lowest BCUT2D eigenvalue weighted by Crippen LogP contribution is -2.20. The van der Waals surface area contributed by atoms with Gasteiger partial charge in [0.1, 0.15) is 11.4 Å². The maximum absolute atomic E-state index is 11.3. The molecule has 4 N–H and O–H groups in total. The van der Waals surface area contributed by atoms with Crippen LogP contribution in [0.25, 0.3) is 0 Å². The van der Waals surface area contributed by atoms with Gasteiger partial charge in [0.05, 0.1) is 0 Å². The molecule has 0 aliphatic rings. The predicted octanol–water partition coefficient (Wildman–Crippen LogP) is 0.932. The van der Waals surface area contributed by atoms with Gasteiger partial charge in [0.2, 0.25) is 0 Å². The Morgan fingerprint density at radius 3 is 2.50 bits per heavy atom. The second kappa shape index (κ2) is 4.97. The molecule has 18 heavy (non-hydrogen) atoms. The zero-order chi connectivity index (χ0) is 13.1. The highest BCUT2D eigenvalue weighted by Gasteiger charge is 2.14. The Morgan fingerprint density at radius 1 is 1.17 bits per heavy atom. The fraction of sp³-hybridized carbons (Fsp3) is 0.0833. The Bertz CT molecular complexity index is 593. The largest absolute Gasteiger partial charge is 0.364 e. The molecule has 0 aromatic carbocycles. The summed E-state index contributed by atoms with van der Waals surface area (Å²) in [4.78, 5) is 27.3. The third-order valence-electron chi connectivity index (χ3n) is 2.41. The number of aromatic nitrogens is 1. The lowest BCUT2D eigenvalue weighted by atomic mass is 10.1. The van der Waals surface area contributed by atoms with E-state index in [2.05, 4.69) is 4.98 Å². The van der Waals surface area contributed by atoms with E-state index in [9.17, 15) is 9.59 Å². The van der Waals surface area contributed by atoms with E-state index in [4.69, 9.17) is 11.5 Å². The highest BCUT2D eigenvalue weighted by molar-refractivity contribution is 7.09. The number of nitrogens with two attached hydrogens (primary N) is 2. The van der Waals surface area contributed by atoms with Crippen LogP contribution in [0.1, 0.15) is 31.4 Å². The maximum Gasteiger partial charge on any atom is 0.267 e. The first-order valence-corrected chi connectivity index (χ1v) is 6.08. The van der Waals surface area contributed by atoms with Gasteiger partial charge in [-0.3, -0.25) is 9.59 Å². The van der Waals surface area contributed by atoms with Crippen molar-refractivity contribution < 1.29 is 9.59 Å². The number of thiophene rings is 1. The summed E-state index contributed by atoms with van der Waals surface area (Å²) in [5.74, 6) is -1.34. The Kier molecular flexibility index (Phi) is 3.38. The van der Waals surface area contributed by atoms with Crippen molar-refractivity contribution in [3.8, 4) is 0 Å². The summed E-state index contributed by atoms with van der Waals surface area (Å²) in [5, 5.41) is 1.95. The number of amides is 2. The van der Waals surface area contributed by atoms with E-state index in [1.54, 1.807) is 17.4 Å². The van der Waals surface area contributed by atoms with Crippen LogP contribution >= 0.6 is 11.3 Å². The topological polar surface area (TPSA) is 99.1 Å². The Morgan fingerprint density at radius 2 is 1.94 bits per heavy atom. The van der Waals surface area contributed by atoms with Crippen molar-refractivity contribution in [2.75, 3.05) is 0 Å². The number of carbonyl (C=O) groups excluding carboxylic acids is 2. The number of primary amides is 2. The Hall–Kier alpha value is -2.21. The number of pyridine rings is 1. The lowest BCUT2D eigenvalue weighted by molar-refractivity contribution is 0.0991. The van der Waals surface area contributed by atoms with Gasteiger partial charge in [-0.1, -0.05) is 12.1 Å². The highest BCUT2D eigenvalue weighted by Crippen LogP contribution is 2.17. The second-order valence-electron chi connectivity index (χ2n) is 3.69. The van der Waals surface area contributed by atoms with Crippen molar-refractivity contribution in [3.05, 3.63) is 51.5 Å². The van der Waals surface area contributed by atoms with Crippen molar-refractivity contribution >= 4 is 23.2 Å². The van der Waals surface area contributed by atoms with Crippen LogP contribution in [0.15, 0.2) is 29.6 Å². The summed E-state index contributed by atoms with van der Waals surface area (Å²) in [6, 6.07) is 7.04. The molecule has 0 atom stereocenters. The van der Waals surface area contributed by atoms with Crippen LogP contribution in [0.4, 0.5) is 0 Å². The molecule has 0 fully saturated rings. The van der Waals surface area contributed by atoms with E-state index < -0.39 is 11.8 Å². The first-order valence-electron chi connectivity index (χ1n) is 5.20. The smallest absolute Gasteiger partial charge is 0.267 e. The lowest BCUT2D eigenvalue weighted by Gasteiger charge is -2.06. The van der Waals surface area contributed by atoms with Gasteiger partial charge in [-0.15, -0.1) is 11.3 Å². The number of nitrogens with zero attached hydrogens (tertiary/aromatic N) is 1. The zero-order valence-electron chi connectivity index (χ0n) is 9.42. The second-order valence-corrected chi connectivity index (χ2v) is 4.72. The van der Waals surface area contributed by atoms with E-state index >= 15 is 0 Å². The average Bonchev–Trinajstić information content (AvgIpc) is 2.81. The maximum atomic E-state index is 11.3. The Labute approximate surface area is 107 Å². The fourth-order valence-corrected chi connectivity index (χ4v) is 2.31. The summed E-state index contributed by atoms with van der Waals surface area (Å²) < 4.78 is 0. The summed E-state index contributed by atoms with van der Waals surface area (Å²) in [6.07, 6.45) is 0.558. The minimum absolute atomic E-state index is 0.0405. The number of hydrogen-bond acceptors (Lipinski definition) is 4. The van der Waals surface area contributed by atoms with Crippen molar-refractivity contribution in [2.45, 2.75) is 6.42 Å². The molecule has 0 spiro atoms. The molecule has 0 aliphatic carbocycles. The zero-order valence-corrected chi connectivity index (χ0v) is 10.2. The molecule has 92 valence electrons. The third-order valence-corrected chi connectivity index (χ3v) is 3.29. The van der Waals surface area contributed by atoms with Crippen LogP contribution in [0, 0.1) is 0 Å². The first-order chi connectivity index (χ1) is 8.58. The van der Waals surface area contributed by atoms with E-state index in [-0.39, 0.29) is 11.4 Å². The molecular formula is C12H11N3O2S. The monoisotopic (exact) mass is 261 g/mol. The van der Waals surface area contributed by atoms with Gasteiger partial charge >= 0.3 is 0 Å². The van der Waals surface area contributed by atoms with Gasteiger partial charge in [0, 0.05) is 11.3 Å². The number of rotatable bonds is 4. The molecule has 0 aliphatic heterocycles. The van der Waals surface area contributed by atoms with Crippen LogP contribution in [-0.2, 0) is 6.42 Å². The van der Waals surface area contributed by atoms with Crippen LogP contribution in [-0.4, -0.2) is 16.8 Å². The normalized spacial score (nSPS) is 10.2. The molecule has 0 saturated heterocycles. The molecule has 0 bridgehead atoms. The number of carbonyl (C=O) groups is 2. The van der Waals surface area contributed by atoms with Gasteiger partial charge in [0.15, 0.2) is 0 Å². The quantitative estimate of drug-likeness (QED) is 0.856. The van der Waals surface area contributed by atoms with E-state index in [1.807, 2.05) is 17.5 Å². The number of hydrogen-bond donors (Lipinski definition) is 2. The van der Waals surface area contributed by atoms with Crippen LogP contribution in [0.5, 0.6) is 0 Å². The van der Waals surface area contributed by atoms with Gasteiger partial charge in [0.25, 0.3) is 11.8 Å². The van der Waals surface area contributed by atoms with E-state index in [1.165, 1.54) is 6.07 Å². The van der Waals surface area contributed by atoms with Crippen LogP contribution in [0.3, 0.4) is 0 Å². The molecular weight excluding hydrogens is 250 g/mol. The average molecular weight is 261 g/mol. The molecule has 2 amide bonds. The SMILES string of the molecule is NC(=O)c1ccc(Cc2cccs2)c(C(N)=O)n1. The minimum Gasteiger partial charge on any atom is -0.364 e. The standard InChI is InChI=1S/C12H11N3O2S/c13-11(16)9-4-3-7(10(15-9)12(14)17)6-8-2-1-5-18-8/h1-5H,6H2,(H2,13,16)(H2,14,17). The summed E-state index contributed by atoms with van der Waals surface area (Å²) in [7, 11) is 0. The minimum atomic E-state index is -0.680. The summed E-state index contributed by atoms with van der Waals surface area (Å²) >= 11 is 1.58. The molecule has 0 saturated carbocycles. The van der Waals surface area contributed by atoms with Crippen molar-refractivity contribution in [2.24, 2.45) is 11.5 Å². The molecule has 2 aromatic heterocycles. The molecule has 0 unspecified atom stereocenters. The van der Waals surface area contributed by atoms with Crippen molar-refractivity contribution in [1.82, 2.24) is 4.98 Å². The fourth-order valence-electron chi connectivity index (χ4n) is 1.58. The van der Waals surface area contributed by atoms with Crippen molar-refractivity contribution in [1.29, 1.82) is 0 Å². The van der Waals surface area contributed by atoms with Crippen LogP contribution in [0.2, 0.25) is 0 Å². The highest BCUT2D eigenvalue weighted by atomic mass is 32.1. The summed E-state index contributed by atoms with van der Waals surface area (Å²) in [6.45, 7) is 0. The molecule has 2 rings (SSSR count). The van der Waals surface area contributed by atoms with Gasteiger partial charge in [-0.05, 0) is 23.1 Å². The predicted molar refractivity (Wildman–Crippen MR) is 68.4 cm³/mol. The van der Waals surface area contributed by atoms with E-state index in [0.717, 1.165) is 4.88 Å². The van der Waals surface area contributed by atoms with Gasteiger partial charge in [-0.25, -0.2) is 4.98 Å². The van der Waals surface area contributed by atoms with Gasteiger partial charge in [-0.2, -0.15) is 0 Å². The first kappa shape index (κ1) is 12.3. The van der Waals surface area contributed by atoms with Crippen molar-refractivity contribution in [3.63, 3.8) is 0 Å². The van der Waals surface area contributed by atoms with Gasteiger partial charge < -0.3 is 11.5 Å². The molecule has 0 radical (unpaired) electrons. The summed E-state index contributed by atoms with van der Waals surface area (Å²) in [5.41, 5.74) is 11.2. The van der Waals surface area contributed by atoms with Crippen LogP contribution < -0.4 is 11.5 Å². The molecule has 5 nitrogen and oxygen atoms in total. The molecule has 6 heteroatoms.